The molecule has 0 aliphatic carbocycles. The summed E-state index contributed by atoms with van der Waals surface area (Å²) in [5.74, 6) is -0.878. The van der Waals surface area contributed by atoms with Crippen LogP contribution in [0.25, 0.3) is 33.1 Å². The van der Waals surface area contributed by atoms with Gasteiger partial charge in [-0.2, -0.15) is 0 Å². The minimum absolute atomic E-state index is 0.199. The molecule has 7 nitrogen and oxygen atoms in total. The van der Waals surface area contributed by atoms with Crippen molar-refractivity contribution in [2.24, 2.45) is 14.1 Å². The molecule has 33 heavy (non-hydrogen) atoms. The standard InChI is InChI=1S/C26H20N4O3/c1-29-23-21(25(32)30(2)26(29)33)20(19-17-9-5-6-10-18(17)27-24(19)31)22(28-23)16-12-11-14-7-3-4-8-15(14)13-16/h3-13,19,28H,1-2H3,(H,27,31)/t19-/m1/s1. The molecule has 2 N–H and O–H groups in total. The number of benzene rings is 3. The summed E-state index contributed by atoms with van der Waals surface area (Å²) >= 11 is 0. The Hall–Kier alpha value is -4.39. The van der Waals surface area contributed by atoms with Crippen molar-refractivity contribution in [1.82, 2.24) is 14.1 Å². The van der Waals surface area contributed by atoms with Crippen LogP contribution in [-0.2, 0) is 18.9 Å². The molecule has 1 atom stereocenters. The predicted molar refractivity (Wildman–Crippen MR) is 129 cm³/mol. The van der Waals surface area contributed by atoms with Crippen molar-refractivity contribution in [2.75, 3.05) is 5.32 Å². The number of fused-ring (bicyclic) bond motifs is 3. The van der Waals surface area contributed by atoms with Gasteiger partial charge in [0.25, 0.3) is 5.56 Å². The zero-order valence-electron chi connectivity index (χ0n) is 18.0. The highest BCUT2D eigenvalue weighted by Crippen LogP contribution is 2.43. The first-order valence-electron chi connectivity index (χ1n) is 10.7. The number of carbonyl (C=O) groups is 1. The van der Waals surface area contributed by atoms with Crippen LogP contribution in [0.5, 0.6) is 0 Å². The highest BCUT2D eigenvalue weighted by atomic mass is 16.2. The number of nitrogens with zero attached hydrogens (tertiary/aromatic N) is 2. The molecule has 6 rings (SSSR count). The topological polar surface area (TPSA) is 88.9 Å². The fraction of sp³-hybridized carbons (Fsp3) is 0.115. The molecular formula is C26H20N4O3. The van der Waals surface area contributed by atoms with E-state index in [-0.39, 0.29) is 5.91 Å². The Morgan fingerprint density at radius 2 is 1.55 bits per heavy atom. The van der Waals surface area contributed by atoms with E-state index in [4.69, 9.17) is 0 Å². The van der Waals surface area contributed by atoms with Crippen LogP contribution >= 0.6 is 0 Å². The summed E-state index contributed by atoms with van der Waals surface area (Å²) in [7, 11) is 3.08. The maximum absolute atomic E-state index is 13.4. The number of aromatic nitrogens is 3. The molecule has 3 aromatic carbocycles. The number of hydrogen-bond acceptors (Lipinski definition) is 3. The Kier molecular flexibility index (Phi) is 3.98. The second kappa shape index (κ2) is 6.80. The van der Waals surface area contributed by atoms with Gasteiger partial charge in [0.2, 0.25) is 5.91 Å². The van der Waals surface area contributed by atoms with Crippen molar-refractivity contribution < 1.29 is 4.79 Å². The van der Waals surface area contributed by atoms with Gasteiger partial charge in [-0.3, -0.25) is 18.7 Å². The molecule has 0 radical (unpaired) electrons. The summed E-state index contributed by atoms with van der Waals surface area (Å²) in [4.78, 5) is 42.5. The molecule has 0 spiro atoms. The van der Waals surface area contributed by atoms with E-state index in [0.717, 1.165) is 32.2 Å². The van der Waals surface area contributed by atoms with Crippen molar-refractivity contribution in [2.45, 2.75) is 5.92 Å². The van der Waals surface area contributed by atoms with Gasteiger partial charge < -0.3 is 10.3 Å². The molecule has 3 heterocycles. The molecule has 5 aromatic rings. The van der Waals surface area contributed by atoms with Gasteiger partial charge in [-0.25, -0.2) is 4.79 Å². The minimum Gasteiger partial charge on any atom is -0.340 e. The summed E-state index contributed by atoms with van der Waals surface area (Å²) in [6, 6.07) is 21.5. The van der Waals surface area contributed by atoms with Crippen molar-refractivity contribution in [3.05, 3.63) is 98.7 Å². The summed E-state index contributed by atoms with van der Waals surface area (Å²) in [6.07, 6.45) is 0. The summed E-state index contributed by atoms with van der Waals surface area (Å²) in [6.45, 7) is 0. The Morgan fingerprint density at radius 1 is 0.818 bits per heavy atom. The Labute approximate surface area is 187 Å². The van der Waals surface area contributed by atoms with E-state index >= 15 is 0 Å². The fourth-order valence-electron chi connectivity index (χ4n) is 4.90. The number of aryl methyl sites for hydroxylation is 1. The molecule has 1 amide bonds. The van der Waals surface area contributed by atoms with Crippen molar-refractivity contribution in [3.8, 4) is 11.3 Å². The molecule has 0 saturated heterocycles. The van der Waals surface area contributed by atoms with E-state index in [0.29, 0.717) is 22.3 Å². The summed E-state index contributed by atoms with van der Waals surface area (Å²) < 4.78 is 2.51. The van der Waals surface area contributed by atoms with Crippen LogP contribution in [0, 0.1) is 0 Å². The Morgan fingerprint density at radius 3 is 2.36 bits per heavy atom. The van der Waals surface area contributed by atoms with E-state index in [9.17, 15) is 14.4 Å². The van der Waals surface area contributed by atoms with Gasteiger partial charge in [-0.05, 0) is 34.0 Å². The fourth-order valence-corrected chi connectivity index (χ4v) is 4.90. The number of para-hydroxylation sites is 1. The Balaban J connectivity index is 1.76. The number of H-pyrrole nitrogens is 1. The number of aromatic amines is 1. The average Bonchev–Trinajstić information content (AvgIpc) is 3.38. The zero-order valence-corrected chi connectivity index (χ0v) is 18.0. The number of carbonyl (C=O) groups excluding carboxylic acids is 1. The molecular weight excluding hydrogens is 416 g/mol. The molecule has 162 valence electrons. The first-order valence-corrected chi connectivity index (χ1v) is 10.7. The first-order chi connectivity index (χ1) is 16.0. The Bertz CT molecular complexity index is 1740. The van der Waals surface area contributed by atoms with Crippen LogP contribution in [0.2, 0.25) is 0 Å². The number of rotatable bonds is 2. The molecule has 0 saturated carbocycles. The summed E-state index contributed by atoms with van der Waals surface area (Å²) in [5.41, 5.74) is 3.16. The zero-order chi connectivity index (χ0) is 22.9. The van der Waals surface area contributed by atoms with Crippen LogP contribution < -0.4 is 16.6 Å². The third-order valence-electron chi connectivity index (χ3n) is 6.57. The van der Waals surface area contributed by atoms with E-state index in [1.807, 2.05) is 66.7 Å². The summed E-state index contributed by atoms with van der Waals surface area (Å²) in [5, 5.41) is 5.41. The molecule has 1 aliphatic heterocycles. The second-order valence-electron chi connectivity index (χ2n) is 8.41. The normalized spacial score (nSPS) is 15.2. The molecule has 0 unspecified atom stereocenters. The largest absolute Gasteiger partial charge is 0.340 e. The number of amides is 1. The maximum Gasteiger partial charge on any atom is 0.332 e. The van der Waals surface area contributed by atoms with Crippen molar-refractivity contribution in [3.63, 3.8) is 0 Å². The first kappa shape index (κ1) is 19.3. The average molecular weight is 436 g/mol. The van der Waals surface area contributed by atoms with Gasteiger partial charge in [-0.1, -0.05) is 54.6 Å². The molecule has 2 aromatic heterocycles. The third-order valence-corrected chi connectivity index (χ3v) is 6.57. The lowest BCUT2D eigenvalue weighted by molar-refractivity contribution is -0.116. The highest BCUT2D eigenvalue weighted by Gasteiger charge is 2.37. The lowest BCUT2D eigenvalue weighted by Crippen LogP contribution is -2.37. The maximum atomic E-state index is 13.4. The van der Waals surface area contributed by atoms with E-state index in [1.165, 1.54) is 11.6 Å². The number of nitrogens with one attached hydrogen (secondary N) is 2. The lowest BCUT2D eigenvalue weighted by Gasteiger charge is -2.12. The van der Waals surface area contributed by atoms with Gasteiger partial charge in [0.15, 0.2) is 0 Å². The van der Waals surface area contributed by atoms with Crippen LogP contribution in [0.1, 0.15) is 17.0 Å². The van der Waals surface area contributed by atoms with Gasteiger partial charge in [0.1, 0.15) is 5.65 Å². The van der Waals surface area contributed by atoms with Crippen LogP contribution in [0.4, 0.5) is 5.69 Å². The van der Waals surface area contributed by atoms with Crippen LogP contribution in [0.15, 0.2) is 76.3 Å². The van der Waals surface area contributed by atoms with Gasteiger partial charge >= 0.3 is 5.69 Å². The highest BCUT2D eigenvalue weighted by molar-refractivity contribution is 6.09. The third kappa shape index (κ3) is 2.65. The van der Waals surface area contributed by atoms with Crippen LogP contribution in [0.3, 0.4) is 0 Å². The van der Waals surface area contributed by atoms with E-state index < -0.39 is 17.2 Å². The van der Waals surface area contributed by atoms with Gasteiger partial charge in [0, 0.05) is 25.3 Å². The number of anilines is 1. The van der Waals surface area contributed by atoms with E-state index in [1.54, 1.807) is 7.05 Å². The monoisotopic (exact) mass is 436 g/mol. The van der Waals surface area contributed by atoms with Gasteiger partial charge in [0.05, 0.1) is 17.0 Å². The second-order valence-corrected chi connectivity index (χ2v) is 8.41. The molecule has 0 fully saturated rings. The SMILES string of the molecule is Cn1c(=O)c2c([C@@H]3C(=O)Nc4ccccc43)c(-c3ccc4ccccc4c3)[nH]c2n(C)c1=O. The number of hydrogen-bond donors (Lipinski definition) is 2. The molecule has 1 aliphatic rings. The quantitative estimate of drug-likeness (QED) is 0.444. The van der Waals surface area contributed by atoms with Crippen molar-refractivity contribution >= 4 is 33.4 Å². The minimum atomic E-state index is -0.679. The molecule has 0 bridgehead atoms. The lowest BCUT2D eigenvalue weighted by atomic mass is 9.88. The van der Waals surface area contributed by atoms with Crippen molar-refractivity contribution in [1.29, 1.82) is 0 Å². The molecule has 7 heteroatoms. The van der Waals surface area contributed by atoms with Gasteiger partial charge in [-0.15, -0.1) is 0 Å². The van der Waals surface area contributed by atoms with E-state index in [2.05, 4.69) is 10.3 Å². The van der Waals surface area contributed by atoms with Crippen LogP contribution in [-0.4, -0.2) is 20.0 Å². The predicted octanol–water partition coefficient (Wildman–Crippen LogP) is 3.47. The smallest absolute Gasteiger partial charge is 0.332 e.